The highest BCUT2D eigenvalue weighted by atomic mass is 19.3. The summed E-state index contributed by atoms with van der Waals surface area (Å²) in [7, 11) is 4.08. The summed E-state index contributed by atoms with van der Waals surface area (Å²) in [6.45, 7) is 13.2. The van der Waals surface area contributed by atoms with Crippen molar-refractivity contribution in [2.24, 2.45) is 11.8 Å². The summed E-state index contributed by atoms with van der Waals surface area (Å²) < 4.78 is 41.6. The first-order valence-electron chi connectivity index (χ1n) is 31.8. The number of nitrogens with zero attached hydrogens (tertiary/aromatic N) is 2. The molecule has 0 saturated carbocycles. The quantitative estimate of drug-likeness (QED) is 0.0343. The third kappa shape index (κ3) is 44.8. The van der Waals surface area contributed by atoms with Gasteiger partial charge in [0.25, 0.3) is 0 Å². The first-order valence-corrected chi connectivity index (χ1v) is 31.8. The van der Waals surface area contributed by atoms with Crippen molar-refractivity contribution in [2.45, 2.75) is 329 Å². The number of amides is 1. The van der Waals surface area contributed by atoms with Gasteiger partial charge in [-0.25, -0.2) is 9.59 Å². The highest BCUT2D eigenvalue weighted by Crippen LogP contribution is 2.27. The van der Waals surface area contributed by atoms with Crippen LogP contribution in [0.3, 0.4) is 0 Å². The fourth-order valence-electron chi connectivity index (χ4n) is 10.4. The van der Waals surface area contributed by atoms with Crippen LogP contribution in [-0.2, 0) is 23.9 Å². The van der Waals surface area contributed by atoms with Gasteiger partial charge in [0.1, 0.15) is 0 Å². The number of ether oxygens (including phenoxy) is 2. The summed E-state index contributed by atoms with van der Waals surface area (Å²) in [6, 6.07) is 0.137. The van der Waals surface area contributed by atoms with Gasteiger partial charge in [-0.15, -0.1) is 0 Å². The van der Waals surface area contributed by atoms with Gasteiger partial charge in [0.15, 0.2) is 0 Å². The van der Waals surface area contributed by atoms with Crippen LogP contribution in [0, 0.1) is 11.8 Å². The molecule has 3 atom stereocenters. The number of hydrogen-bond acceptors (Lipinski definition) is 6. The predicted molar refractivity (Wildman–Crippen MR) is 309 cm³/mol. The van der Waals surface area contributed by atoms with E-state index in [2.05, 4.69) is 44.4 Å². The summed E-state index contributed by atoms with van der Waals surface area (Å²) in [5, 5.41) is 0. The number of alkyl halides is 2. The number of carbonyl (C=O) groups is 3. The third-order valence-corrected chi connectivity index (χ3v) is 15.3. The maximum absolute atomic E-state index is 15.2. The van der Waals surface area contributed by atoms with Crippen LogP contribution in [0.25, 0.3) is 0 Å². The van der Waals surface area contributed by atoms with Crippen molar-refractivity contribution in [3.8, 4) is 0 Å². The first kappa shape index (κ1) is 71.0. The Kier molecular flexibility index (Phi) is 50.6. The van der Waals surface area contributed by atoms with Gasteiger partial charge in [-0.2, -0.15) is 8.78 Å². The molecule has 0 saturated heterocycles. The topological polar surface area (TPSA) is 76.1 Å². The van der Waals surface area contributed by atoms with Crippen LogP contribution in [0.5, 0.6) is 0 Å². The van der Waals surface area contributed by atoms with Gasteiger partial charge in [0, 0.05) is 31.5 Å². The molecular weight excluding hydrogens is 915 g/mol. The van der Waals surface area contributed by atoms with Crippen molar-refractivity contribution in [1.82, 2.24) is 9.80 Å². The van der Waals surface area contributed by atoms with Crippen molar-refractivity contribution < 1.29 is 32.6 Å². The molecule has 0 spiro atoms. The van der Waals surface area contributed by atoms with Gasteiger partial charge < -0.3 is 19.3 Å². The van der Waals surface area contributed by atoms with Gasteiger partial charge in [-0.1, -0.05) is 240 Å². The highest BCUT2D eigenvalue weighted by Gasteiger charge is 2.40. The van der Waals surface area contributed by atoms with Gasteiger partial charge in [0.05, 0.1) is 13.2 Å². The van der Waals surface area contributed by atoms with E-state index in [9.17, 15) is 14.4 Å². The molecule has 432 valence electrons. The van der Waals surface area contributed by atoms with E-state index in [1.807, 2.05) is 20.2 Å². The Balaban J connectivity index is 5.48. The van der Waals surface area contributed by atoms with Crippen LogP contribution in [-0.4, -0.2) is 80.0 Å². The van der Waals surface area contributed by atoms with E-state index in [1.54, 1.807) is 6.08 Å². The lowest BCUT2D eigenvalue weighted by molar-refractivity contribution is -0.174. The molecule has 0 rings (SSSR count). The minimum absolute atomic E-state index is 0.0958. The molecule has 0 aliphatic carbocycles. The lowest BCUT2D eigenvalue weighted by Gasteiger charge is -2.33. The fourth-order valence-corrected chi connectivity index (χ4v) is 10.4. The SMILES string of the molecule is CCCCCCCCCCC(CCCCC=CC(=O)OCC(CCCCCC)CCCCCCCC)N(CCCCCCC(F)(F)C(=O)OCC(CCCCCC)CCCCCCCC)C(=O)CCCN(C)C. The molecule has 3 unspecified atom stereocenters. The van der Waals surface area contributed by atoms with Crippen LogP contribution in [0.1, 0.15) is 317 Å². The normalized spacial score (nSPS) is 13.2. The van der Waals surface area contributed by atoms with E-state index in [1.165, 1.54) is 141 Å². The Morgan fingerprint density at radius 2 is 0.836 bits per heavy atom. The second-order valence-electron chi connectivity index (χ2n) is 22.7. The van der Waals surface area contributed by atoms with Gasteiger partial charge in [-0.05, 0) is 103 Å². The van der Waals surface area contributed by atoms with Crippen LogP contribution in [0.15, 0.2) is 12.2 Å². The maximum atomic E-state index is 15.2. The fraction of sp³-hybridized carbons (Fsp3) is 0.922. The Morgan fingerprint density at radius 3 is 1.30 bits per heavy atom. The number of rotatable bonds is 56. The second-order valence-corrected chi connectivity index (χ2v) is 22.7. The Labute approximate surface area is 452 Å². The minimum Gasteiger partial charge on any atom is -0.462 e. The number of carbonyl (C=O) groups excluding carboxylic acids is 3. The van der Waals surface area contributed by atoms with E-state index >= 15 is 8.78 Å². The molecule has 0 N–H and O–H groups in total. The smallest absolute Gasteiger partial charge is 0.376 e. The summed E-state index contributed by atoms with van der Waals surface area (Å²) >= 11 is 0. The predicted octanol–water partition coefficient (Wildman–Crippen LogP) is 19.5. The standard InChI is InChI=1S/C64H122F2N2O5/c1-8-13-18-23-26-27-30-39-49-60(50-40-31-32-41-52-62(70)72-56-58(45-35-21-16-11-4)47-37-28-24-19-14-9-2)68(61(69)51-44-54-67(6)7)55-43-34-33-42-53-64(65,66)63(71)73-57-59(46-36-22-17-12-5)48-38-29-25-20-15-10-3/h41,52,58-60H,8-40,42-51,53-57H2,1-7H3. The molecule has 73 heavy (non-hydrogen) atoms. The Morgan fingerprint density at radius 1 is 0.452 bits per heavy atom. The monoisotopic (exact) mass is 1040 g/mol. The van der Waals surface area contributed by atoms with E-state index in [-0.39, 0.29) is 36.9 Å². The van der Waals surface area contributed by atoms with Gasteiger partial charge in [-0.3, -0.25) is 4.79 Å². The van der Waals surface area contributed by atoms with E-state index < -0.39 is 18.3 Å². The summed E-state index contributed by atoms with van der Waals surface area (Å²) in [6.07, 6.45) is 49.6. The van der Waals surface area contributed by atoms with E-state index in [0.717, 1.165) is 122 Å². The molecule has 9 heteroatoms. The average Bonchev–Trinajstić information content (AvgIpc) is 3.37. The van der Waals surface area contributed by atoms with Crippen molar-refractivity contribution in [3.05, 3.63) is 12.2 Å². The van der Waals surface area contributed by atoms with Gasteiger partial charge in [0.2, 0.25) is 5.91 Å². The molecule has 0 aliphatic rings. The lowest BCUT2D eigenvalue weighted by atomic mass is 9.95. The minimum atomic E-state index is -3.48. The van der Waals surface area contributed by atoms with Crippen LogP contribution < -0.4 is 0 Å². The zero-order valence-corrected chi connectivity index (χ0v) is 49.5. The van der Waals surface area contributed by atoms with E-state index in [0.29, 0.717) is 31.9 Å². The molecule has 0 radical (unpaired) electrons. The zero-order chi connectivity index (χ0) is 53.9. The summed E-state index contributed by atoms with van der Waals surface area (Å²) in [5.74, 6) is -4.29. The van der Waals surface area contributed by atoms with E-state index in [4.69, 9.17) is 9.47 Å². The van der Waals surface area contributed by atoms with Crippen LogP contribution in [0.2, 0.25) is 0 Å². The van der Waals surface area contributed by atoms with Crippen molar-refractivity contribution in [2.75, 3.05) is 40.4 Å². The molecule has 0 bridgehead atoms. The highest BCUT2D eigenvalue weighted by molar-refractivity contribution is 5.81. The van der Waals surface area contributed by atoms with Gasteiger partial charge >= 0.3 is 17.9 Å². The lowest BCUT2D eigenvalue weighted by Crippen LogP contribution is -2.41. The summed E-state index contributed by atoms with van der Waals surface area (Å²) in [4.78, 5) is 43.9. The molecule has 0 heterocycles. The van der Waals surface area contributed by atoms with Crippen LogP contribution >= 0.6 is 0 Å². The molecule has 0 aliphatic heterocycles. The second kappa shape index (κ2) is 52.0. The molecule has 0 aromatic carbocycles. The number of allylic oxidation sites excluding steroid dienone is 1. The van der Waals surface area contributed by atoms with Crippen LogP contribution in [0.4, 0.5) is 8.78 Å². The maximum Gasteiger partial charge on any atom is 0.376 e. The number of unbranched alkanes of at least 4 members (excludes halogenated alkanes) is 28. The van der Waals surface area contributed by atoms with Crippen molar-refractivity contribution >= 4 is 17.8 Å². The molecule has 0 aromatic rings. The molecule has 7 nitrogen and oxygen atoms in total. The molecular formula is C64H122F2N2O5. The molecule has 1 amide bonds. The average molecular weight is 1040 g/mol. The third-order valence-electron chi connectivity index (χ3n) is 15.3. The number of esters is 2. The number of hydrogen-bond donors (Lipinski definition) is 0. The zero-order valence-electron chi connectivity index (χ0n) is 49.5. The Hall–Kier alpha value is -2.03. The Bertz CT molecular complexity index is 1260. The van der Waals surface area contributed by atoms with Crippen molar-refractivity contribution in [3.63, 3.8) is 0 Å². The first-order chi connectivity index (χ1) is 35.4. The largest absolute Gasteiger partial charge is 0.462 e. The molecule has 0 fully saturated rings. The summed E-state index contributed by atoms with van der Waals surface area (Å²) in [5.41, 5.74) is 0. The molecule has 0 aromatic heterocycles. The van der Waals surface area contributed by atoms with Crippen molar-refractivity contribution in [1.29, 1.82) is 0 Å². The number of halogens is 2.